The fourth-order valence-electron chi connectivity index (χ4n) is 9.81. The number of unbranched alkanes of at least 4 members (excludes halogenated alkanes) is 45. The van der Waals surface area contributed by atoms with Crippen LogP contribution in [0.15, 0.2) is 0 Å². The smallest absolute Gasteiger partial charge is 0.306 e. The van der Waals surface area contributed by atoms with Crippen LogP contribution >= 0.6 is 0 Å². The van der Waals surface area contributed by atoms with Crippen molar-refractivity contribution in [3.05, 3.63) is 0 Å². The fourth-order valence-corrected chi connectivity index (χ4v) is 9.81. The normalized spacial score (nSPS) is 12.0. The lowest BCUT2D eigenvalue weighted by atomic mass is 10.0. The molecule has 0 aliphatic rings. The Kier molecular flexibility index (Phi) is 56.0. The summed E-state index contributed by atoms with van der Waals surface area (Å²) in [4.78, 5) is 38.2. The third kappa shape index (κ3) is 57.2. The standard InChI is InChI=1S/C63H122O6/c1-5-7-9-11-13-15-17-19-20-21-25-29-32-36-40-44-48-52-56-63(66)69-60(57-67-61(64)54-50-46-42-38-34-18-16-14-12-10-8-6-2)58-68-62(65)55-51-47-43-39-35-31-28-26-23-22-24-27-30-33-37-41-45-49-53-59(3)4/h59-60H,5-58H2,1-4H3/t60-/m0/s1. The second kappa shape index (κ2) is 57.3. The molecule has 0 saturated carbocycles. The van der Waals surface area contributed by atoms with Crippen LogP contribution in [-0.4, -0.2) is 37.2 Å². The van der Waals surface area contributed by atoms with Gasteiger partial charge in [0, 0.05) is 19.3 Å². The zero-order valence-electron chi connectivity index (χ0n) is 47.3. The van der Waals surface area contributed by atoms with E-state index in [1.807, 2.05) is 0 Å². The number of rotatable bonds is 58. The van der Waals surface area contributed by atoms with E-state index in [1.54, 1.807) is 0 Å². The SMILES string of the molecule is CCCCCCCCCCCCCCCCCCCCC(=O)O[C@@H](COC(=O)CCCCCCCCCCCCCC)COC(=O)CCCCCCCCCCCCCCCCCCCCC(C)C. The summed E-state index contributed by atoms with van der Waals surface area (Å²) in [6.45, 7) is 9.09. The van der Waals surface area contributed by atoms with Gasteiger partial charge in [0.05, 0.1) is 0 Å². The Morgan fingerprint density at radius 1 is 0.275 bits per heavy atom. The molecule has 0 aromatic heterocycles. The highest BCUT2D eigenvalue weighted by atomic mass is 16.6. The maximum atomic E-state index is 12.9. The summed E-state index contributed by atoms with van der Waals surface area (Å²) in [6.07, 6.45) is 63.9. The van der Waals surface area contributed by atoms with E-state index in [2.05, 4.69) is 27.7 Å². The lowest BCUT2D eigenvalue weighted by Gasteiger charge is -2.18. The van der Waals surface area contributed by atoms with Gasteiger partial charge in [0.2, 0.25) is 0 Å². The molecular formula is C63H122O6. The Balaban J connectivity index is 4.23. The van der Waals surface area contributed by atoms with Gasteiger partial charge in [0.25, 0.3) is 0 Å². The van der Waals surface area contributed by atoms with Crippen molar-refractivity contribution < 1.29 is 28.6 Å². The molecule has 0 radical (unpaired) electrons. The summed E-state index contributed by atoms with van der Waals surface area (Å²) >= 11 is 0. The Morgan fingerprint density at radius 3 is 0.710 bits per heavy atom. The highest BCUT2D eigenvalue weighted by Crippen LogP contribution is 2.19. The third-order valence-electron chi connectivity index (χ3n) is 14.5. The van der Waals surface area contributed by atoms with Gasteiger partial charge < -0.3 is 14.2 Å². The molecule has 0 saturated heterocycles. The van der Waals surface area contributed by atoms with E-state index in [-0.39, 0.29) is 31.1 Å². The minimum absolute atomic E-state index is 0.0612. The third-order valence-corrected chi connectivity index (χ3v) is 14.5. The molecule has 0 rings (SSSR count). The first-order chi connectivity index (χ1) is 33.9. The number of hydrogen-bond acceptors (Lipinski definition) is 6. The first-order valence-electron chi connectivity index (χ1n) is 31.4. The minimum atomic E-state index is -0.762. The monoisotopic (exact) mass is 975 g/mol. The molecular weight excluding hydrogens is 853 g/mol. The number of esters is 3. The molecule has 0 aliphatic heterocycles. The van der Waals surface area contributed by atoms with E-state index < -0.39 is 6.10 Å². The molecule has 0 bridgehead atoms. The van der Waals surface area contributed by atoms with Crippen LogP contribution in [0.5, 0.6) is 0 Å². The molecule has 69 heavy (non-hydrogen) atoms. The van der Waals surface area contributed by atoms with E-state index in [1.165, 1.54) is 257 Å². The maximum Gasteiger partial charge on any atom is 0.306 e. The summed E-state index contributed by atoms with van der Waals surface area (Å²) in [7, 11) is 0. The molecule has 0 fully saturated rings. The molecule has 0 amide bonds. The van der Waals surface area contributed by atoms with Crippen LogP contribution in [0.2, 0.25) is 0 Å². The van der Waals surface area contributed by atoms with Gasteiger partial charge in [-0.15, -0.1) is 0 Å². The van der Waals surface area contributed by atoms with Gasteiger partial charge in [-0.3, -0.25) is 14.4 Å². The average Bonchev–Trinajstić information content (AvgIpc) is 3.34. The lowest BCUT2D eigenvalue weighted by molar-refractivity contribution is -0.167. The maximum absolute atomic E-state index is 12.9. The second-order valence-corrected chi connectivity index (χ2v) is 22.2. The summed E-state index contributed by atoms with van der Waals surface area (Å²) in [5.41, 5.74) is 0. The quantitative estimate of drug-likeness (QED) is 0.0343. The number of ether oxygens (including phenoxy) is 3. The topological polar surface area (TPSA) is 78.9 Å². The first-order valence-corrected chi connectivity index (χ1v) is 31.4. The van der Waals surface area contributed by atoms with Gasteiger partial charge >= 0.3 is 17.9 Å². The molecule has 0 unspecified atom stereocenters. The number of carbonyl (C=O) groups is 3. The van der Waals surface area contributed by atoms with E-state index in [9.17, 15) is 14.4 Å². The van der Waals surface area contributed by atoms with Gasteiger partial charge in [-0.05, 0) is 25.2 Å². The van der Waals surface area contributed by atoms with Crippen molar-refractivity contribution in [1.82, 2.24) is 0 Å². The van der Waals surface area contributed by atoms with Gasteiger partial charge in [-0.1, -0.05) is 323 Å². The van der Waals surface area contributed by atoms with Crippen molar-refractivity contribution >= 4 is 17.9 Å². The van der Waals surface area contributed by atoms with Crippen molar-refractivity contribution in [2.45, 2.75) is 368 Å². The van der Waals surface area contributed by atoms with Crippen LogP contribution in [0.4, 0.5) is 0 Å². The minimum Gasteiger partial charge on any atom is -0.462 e. The Labute approximate surface area is 431 Å². The van der Waals surface area contributed by atoms with Gasteiger partial charge in [-0.2, -0.15) is 0 Å². The van der Waals surface area contributed by atoms with E-state index >= 15 is 0 Å². The van der Waals surface area contributed by atoms with Gasteiger partial charge in [0.1, 0.15) is 13.2 Å². The molecule has 6 nitrogen and oxygen atoms in total. The van der Waals surface area contributed by atoms with Crippen molar-refractivity contribution in [1.29, 1.82) is 0 Å². The predicted octanol–water partition coefficient (Wildman–Crippen LogP) is 21.0. The average molecular weight is 976 g/mol. The molecule has 0 spiro atoms. The van der Waals surface area contributed by atoms with Crippen molar-refractivity contribution in [2.24, 2.45) is 5.92 Å². The van der Waals surface area contributed by atoms with Gasteiger partial charge in [0.15, 0.2) is 6.10 Å². The zero-order valence-corrected chi connectivity index (χ0v) is 47.3. The number of hydrogen-bond donors (Lipinski definition) is 0. The summed E-state index contributed by atoms with van der Waals surface area (Å²) in [5.74, 6) is 0.0295. The molecule has 6 heteroatoms. The van der Waals surface area contributed by atoms with Crippen LogP contribution < -0.4 is 0 Å². The summed E-state index contributed by atoms with van der Waals surface area (Å²) < 4.78 is 16.9. The van der Waals surface area contributed by atoms with Crippen molar-refractivity contribution in [3.63, 3.8) is 0 Å². The molecule has 0 N–H and O–H groups in total. The molecule has 0 aromatic carbocycles. The van der Waals surface area contributed by atoms with Crippen LogP contribution in [0.3, 0.4) is 0 Å². The zero-order chi connectivity index (χ0) is 50.2. The number of carbonyl (C=O) groups excluding carboxylic acids is 3. The second-order valence-electron chi connectivity index (χ2n) is 22.2. The van der Waals surface area contributed by atoms with E-state index in [4.69, 9.17) is 14.2 Å². The molecule has 0 aromatic rings. The van der Waals surface area contributed by atoms with E-state index in [0.29, 0.717) is 19.3 Å². The predicted molar refractivity (Wildman–Crippen MR) is 298 cm³/mol. The Morgan fingerprint density at radius 2 is 0.478 bits per heavy atom. The Bertz CT molecular complexity index is 1040. The highest BCUT2D eigenvalue weighted by Gasteiger charge is 2.19. The van der Waals surface area contributed by atoms with Crippen molar-refractivity contribution in [2.75, 3.05) is 13.2 Å². The van der Waals surface area contributed by atoms with Crippen molar-refractivity contribution in [3.8, 4) is 0 Å². The Hall–Kier alpha value is -1.59. The molecule has 0 heterocycles. The lowest BCUT2D eigenvalue weighted by Crippen LogP contribution is -2.30. The largest absolute Gasteiger partial charge is 0.462 e. The summed E-state index contributed by atoms with van der Waals surface area (Å²) in [5, 5.41) is 0. The van der Waals surface area contributed by atoms with Crippen LogP contribution in [0, 0.1) is 5.92 Å². The highest BCUT2D eigenvalue weighted by molar-refractivity contribution is 5.71. The van der Waals surface area contributed by atoms with Gasteiger partial charge in [-0.25, -0.2) is 0 Å². The molecule has 1 atom stereocenters. The summed E-state index contributed by atoms with van der Waals surface area (Å²) in [6, 6.07) is 0. The first kappa shape index (κ1) is 67.4. The fraction of sp³-hybridized carbons (Fsp3) is 0.952. The van der Waals surface area contributed by atoms with Crippen LogP contribution in [0.1, 0.15) is 362 Å². The van der Waals surface area contributed by atoms with Crippen LogP contribution in [-0.2, 0) is 28.6 Å². The van der Waals surface area contributed by atoms with E-state index in [0.717, 1.165) is 63.7 Å². The molecule has 410 valence electrons. The molecule has 0 aliphatic carbocycles. The van der Waals surface area contributed by atoms with Crippen LogP contribution in [0.25, 0.3) is 0 Å².